The molecule has 0 aliphatic carbocycles. The SMILES string of the molecule is Cc1nc([C@H]2CCCN2Cc2ccc(F)cc2)nc2c1CCC(=O)N2Cc1cccc(F)c1. The zero-order valence-corrected chi connectivity index (χ0v) is 18.6. The first kappa shape index (κ1) is 21.6. The van der Waals surface area contributed by atoms with Gasteiger partial charge in [-0.05, 0) is 68.1 Å². The number of aromatic nitrogens is 2. The van der Waals surface area contributed by atoms with E-state index in [-0.39, 0.29) is 30.1 Å². The molecule has 0 bridgehead atoms. The Bertz CT molecular complexity index is 1180. The van der Waals surface area contributed by atoms with E-state index in [2.05, 4.69) is 4.90 Å². The number of likely N-dealkylation sites (tertiary alicyclic amines) is 1. The van der Waals surface area contributed by atoms with E-state index in [0.29, 0.717) is 31.0 Å². The molecule has 3 aromatic rings. The second kappa shape index (κ2) is 8.98. The van der Waals surface area contributed by atoms with Crippen LogP contribution in [0.2, 0.25) is 0 Å². The quantitative estimate of drug-likeness (QED) is 0.558. The number of halogens is 2. The van der Waals surface area contributed by atoms with Crippen LogP contribution < -0.4 is 4.90 Å². The third-order valence-corrected chi connectivity index (χ3v) is 6.55. The zero-order valence-electron chi connectivity index (χ0n) is 18.6. The van der Waals surface area contributed by atoms with Crippen molar-refractivity contribution in [2.75, 3.05) is 11.4 Å². The van der Waals surface area contributed by atoms with Crippen LogP contribution in [0.25, 0.3) is 0 Å². The van der Waals surface area contributed by atoms with Crippen molar-refractivity contribution < 1.29 is 13.6 Å². The van der Waals surface area contributed by atoms with Gasteiger partial charge in [0.25, 0.3) is 0 Å². The van der Waals surface area contributed by atoms with Gasteiger partial charge >= 0.3 is 0 Å². The molecular weight excluding hydrogens is 422 g/mol. The van der Waals surface area contributed by atoms with Crippen LogP contribution in [-0.4, -0.2) is 27.3 Å². The van der Waals surface area contributed by atoms with Gasteiger partial charge in [0.2, 0.25) is 5.91 Å². The van der Waals surface area contributed by atoms with Gasteiger partial charge in [0.1, 0.15) is 23.3 Å². The van der Waals surface area contributed by atoms with E-state index < -0.39 is 0 Å². The van der Waals surface area contributed by atoms with Crippen LogP contribution in [0.3, 0.4) is 0 Å². The Kier molecular flexibility index (Phi) is 5.89. The van der Waals surface area contributed by atoms with E-state index in [1.807, 2.05) is 25.1 Å². The van der Waals surface area contributed by atoms with Crippen LogP contribution in [-0.2, 0) is 24.3 Å². The third kappa shape index (κ3) is 4.50. The summed E-state index contributed by atoms with van der Waals surface area (Å²) >= 11 is 0. The molecule has 2 aliphatic rings. The average molecular weight is 449 g/mol. The summed E-state index contributed by atoms with van der Waals surface area (Å²) in [5.41, 5.74) is 3.65. The molecule has 0 saturated carbocycles. The minimum absolute atomic E-state index is 0.00889. The Morgan fingerprint density at radius 3 is 2.58 bits per heavy atom. The van der Waals surface area contributed by atoms with Crippen molar-refractivity contribution in [3.05, 3.63) is 88.4 Å². The molecule has 1 fully saturated rings. The summed E-state index contributed by atoms with van der Waals surface area (Å²) in [6.07, 6.45) is 2.96. The van der Waals surface area contributed by atoms with E-state index in [0.717, 1.165) is 41.8 Å². The summed E-state index contributed by atoms with van der Waals surface area (Å²) < 4.78 is 27.0. The molecular formula is C26H26F2N4O. The molecule has 3 heterocycles. The number of anilines is 1. The van der Waals surface area contributed by atoms with Crippen LogP contribution in [0.15, 0.2) is 48.5 Å². The van der Waals surface area contributed by atoms with E-state index >= 15 is 0 Å². The standard InChI is InChI=1S/C26H26F2N4O/c1-17-22-11-12-24(33)32(16-19-4-2-5-21(28)14-19)26(22)30-25(29-17)23-6-3-13-31(23)15-18-7-9-20(27)10-8-18/h2,4-5,7-10,14,23H,3,6,11-13,15-16H2,1H3/t23-/m1/s1. The second-order valence-electron chi connectivity index (χ2n) is 8.83. The van der Waals surface area contributed by atoms with Crippen molar-refractivity contribution in [2.24, 2.45) is 0 Å². The Labute approximate surface area is 192 Å². The molecule has 7 heteroatoms. The highest BCUT2D eigenvalue weighted by molar-refractivity contribution is 5.95. The Balaban J connectivity index is 1.46. The summed E-state index contributed by atoms with van der Waals surface area (Å²) in [6.45, 7) is 3.85. The van der Waals surface area contributed by atoms with Gasteiger partial charge in [0.15, 0.2) is 0 Å². The van der Waals surface area contributed by atoms with E-state index in [1.54, 1.807) is 11.0 Å². The van der Waals surface area contributed by atoms with Crippen molar-refractivity contribution in [2.45, 2.75) is 51.7 Å². The average Bonchev–Trinajstić information content (AvgIpc) is 3.25. The van der Waals surface area contributed by atoms with Crippen LogP contribution in [0.1, 0.15) is 53.5 Å². The molecule has 0 spiro atoms. The summed E-state index contributed by atoms with van der Waals surface area (Å²) in [5.74, 6) is 0.786. The zero-order chi connectivity index (χ0) is 22.9. The first-order valence-corrected chi connectivity index (χ1v) is 11.4. The summed E-state index contributed by atoms with van der Waals surface area (Å²) in [4.78, 5) is 26.6. The van der Waals surface area contributed by atoms with Gasteiger partial charge in [0, 0.05) is 24.2 Å². The number of nitrogens with zero attached hydrogens (tertiary/aromatic N) is 4. The molecule has 2 aliphatic heterocycles. The first-order valence-electron chi connectivity index (χ1n) is 11.4. The van der Waals surface area contributed by atoms with Crippen molar-refractivity contribution in [1.82, 2.24) is 14.9 Å². The minimum atomic E-state index is -0.320. The smallest absolute Gasteiger partial charge is 0.228 e. The lowest BCUT2D eigenvalue weighted by molar-refractivity contribution is -0.119. The van der Waals surface area contributed by atoms with Gasteiger partial charge in [-0.15, -0.1) is 0 Å². The number of amides is 1. The summed E-state index contributed by atoms with van der Waals surface area (Å²) in [7, 11) is 0. The highest BCUT2D eigenvalue weighted by atomic mass is 19.1. The number of fused-ring (bicyclic) bond motifs is 1. The molecule has 1 aromatic heterocycles. The Morgan fingerprint density at radius 1 is 0.970 bits per heavy atom. The van der Waals surface area contributed by atoms with Gasteiger partial charge in [-0.3, -0.25) is 14.6 Å². The number of hydrogen-bond donors (Lipinski definition) is 0. The fraction of sp³-hybridized carbons (Fsp3) is 0.346. The van der Waals surface area contributed by atoms with Gasteiger partial charge < -0.3 is 0 Å². The number of benzene rings is 2. The van der Waals surface area contributed by atoms with E-state index in [4.69, 9.17) is 9.97 Å². The fourth-order valence-corrected chi connectivity index (χ4v) is 4.87. The van der Waals surface area contributed by atoms with Gasteiger partial charge in [-0.2, -0.15) is 0 Å². The van der Waals surface area contributed by atoms with Crippen LogP contribution in [0.5, 0.6) is 0 Å². The number of aryl methyl sites for hydroxylation is 1. The molecule has 5 nitrogen and oxygen atoms in total. The minimum Gasteiger partial charge on any atom is -0.292 e. The maximum atomic E-state index is 13.7. The molecule has 2 aromatic carbocycles. The number of rotatable bonds is 5. The molecule has 1 atom stereocenters. The largest absolute Gasteiger partial charge is 0.292 e. The molecule has 5 rings (SSSR count). The Morgan fingerprint density at radius 2 is 1.79 bits per heavy atom. The van der Waals surface area contributed by atoms with Crippen molar-refractivity contribution in [3.8, 4) is 0 Å². The first-order chi connectivity index (χ1) is 16.0. The van der Waals surface area contributed by atoms with Crippen LogP contribution in [0.4, 0.5) is 14.6 Å². The lowest BCUT2D eigenvalue weighted by Gasteiger charge is -2.31. The number of carbonyl (C=O) groups is 1. The topological polar surface area (TPSA) is 49.3 Å². The highest BCUT2D eigenvalue weighted by Gasteiger charge is 2.33. The lowest BCUT2D eigenvalue weighted by atomic mass is 10.0. The molecule has 0 unspecified atom stereocenters. The van der Waals surface area contributed by atoms with Crippen molar-refractivity contribution >= 4 is 11.7 Å². The number of hydrogen-bond acceptors (Lipinski definition) is 4. The maximum Gasteiger partial charge on any atom is 0.228 e. The molecule has 1 amide bonds. The fourth-order valence-electron chi connectivity index (χ4n) is 4.87. The molecule has 170 valence electrons. The predicted octanol–water partition coefficient (Wildman–Crippen LogP) is 4.88. The number of carbonyl (C=O) groups excluding carboxylic acids is 1. The summed E-state index contributed by atoms with van der Waals surface area (Å²) in [5, 5.41) is 0. The second-order valence-corrected chi connectivity index (χ2v) is 8.83. The molecule has 0 radical (unpaired) electrons. The summed E-state index contributed by atoms with van der Waals surface area (Å²) in [6, 6.07) is 12.9. The van der Waals surface area contributed by atoms with E-state index in [1.165, 1.54) is 24.3 Å². The monoisotopic (exact) mass is 448 g/mol. The predicted molar refractivity (Wildman–Crippen MR) is 121 cm³/mol. The van der Waals surface area contributed by atoms with Crippen molar-refractivity contribution in [3.63, 3.8) is 0 Å². The third-order valence-electron chi connectivity index (χ3n) is 6.55. The molecule has 0 N–H and O–H groups in total. The van der Waals surface area contributed by atoms with Gasteiger partial charge in [-0.1, -0.05) is 24.3 Å². The van der Waals surface area contributed by atoms with Gasteiger partial charge in [-0.25, -0.2) is 18.7 Å². The normalized spacial score (nSPS) is 18.6. The van der Waals surface area contributed by atoms with Crippen LogP contribution >= 0.6 is 0 Å². The Hall–Kier alpha value is -3.19. The lowest BCUT2D eigenvalue weighted by Crippen LogP contribution is -2.37. The van der Waals surface area contributed by atoms with E-state index in [9.17, 15) is 13.6 Å². The maximum absolute atomic E-state index is 13.7. The van der Waals surface area contributed by atoms with Crippen molar-refractivity contribution in [1.29, 1.82) is 0 Å². The van der Waals surface area contributed by atoms with Gasteiger partial charge in [0.05, 0.1) is 12.6 Å². The highest BCUT2D eigenvalue weighted by Crippen LogP contribution is 2.35. The molecule has 33 heavy (non-hydrogen) atoms. The molecule has 1 saturated heterocycles. The van der Waals surface area contributed by atoms with Crippen LogP contribution in [0, 0.1) is 18.6 Å².